The average Bonchev–Trinajstić information content (AvgIpc) is 3.07. The van der Waals surface area contributed by atoms with E-state index in [2.05, 4.69) is 10.1 Å². The number of alkyl halides is 3. The Hall–Kier alpha value is -0.780. The average molecular weight is 251 g/mol. The lowest BCUT2D eigenvalue weighted by Crippen LogP contribution is -2.48. The van der Waals surface area contributed by atoms with Crippen LogP contribution in [0.5, 0.6) is 0 Å². The van der Waals surface area contributed by atoms with Gasteiger partial charge in [0.05, 0.1) is 6.61 Å². The lowest BCUT2D eigenvalue weighted by Gasteiger charge is -2.23. The molecule has 0 spiro atoms. The van der Waals surface area contributed by atoms with E-state index in [9.17, 15) is 18.0 Å². The van der Waals surface area contributed by atoms with Crippen LogP contribution in [0.15, 0.2) is 0 Å². The number of carbonyl (C=O) groups is 1. The molecule has 3 nitrogen and oxygen atoms in total. The summed E-state index contributed by atoms with van der Waals surface area (Å²) in [5.41, 5.74) is -2.55. The fourth-order valence-corrected chi connectivity index (χ4v) is 2.27. The molecule has 1 saturated carbocycles. The smallest absolute Gasteiger partial charge is 0.353 e. The largest absolute Gasteiger partial charge is 0.428 e. The third-order valence-electron chi connectivity index (χ3n) is 3.53. The van der Waals surface area contributed by atoms with Crippen LogP contribution in [-0.2, 0) is 9.53 Å². The highest BCUT2D eigenvalue weighted by Crippen LogP contribution is 2.43. The van der Waals surface area contributed by atoms with Gasteiger partial charge in [-0.25, -0.2) is 0 Å². The predicted molar refractivity (Wildman–Crippen MR) is 54.3 cm³/mol. The molecule has 0 aromatic carbocycles. The van der Waals surface area contributed by atoms with Crippen LogP contribution in [0.4, 0.5) is 13.2 Å². The minimum atomic E-state index is -4.61. The summed E-state index contributed by atoms with van der Waals surface area (Å²) in [4.78, 5) is 11.5. The first kappa shape index (κ1) is 12.7. The maximum atomic E-state index is 12.5. The minimum Gasteiger partial charge on any atom is -0.353 e. The van der Waals surface area contributed by atoms with Crippen molar-refractivity contribution in [3.63, 3.8) is 0 Å². The van der Waals surface area contributed by atoms with E-state index >= 15 is 0 Å². The second-order valence-electron chi connectivity index (χ2n) is 4.83. The zero-order valence-corrected chi connectivity index (χ0v) is 9.48. The van der Waals surface area contributed by atoms with Crippen molar-refractivity contribution in [2.24, 2.45) is 5.92 Å². The zero-order chi connectivity index (χ0) is 12.5. The Labute approximate surface area is 97.7 Å². The van der Waals surface area contributed by atoms with Crippen LogP contribution >= 0.6 is 0 Å². The molecule has 1 N–H and O–H groups in total. The lowest BCUT2D eigenvalue weighted by atomic mass is 9.89. The Balaban J connectivity index is 1.81. The molecule has 1 heterocycles. The van der Waals surface area contributed by atoms with Crippen LogP contribution in [-0.4, -0.2) is 30.8 Å². The maximum absolute atomic E-state index is 12.5. The molecule has 6 heteroatoms. The summed E-state index contributed by atoms with van der Waals surface area (Å²) >= 11 is 0. The van der Waals surface area contributed by atoms with Gasteiger partial charge in [-0.05, 0) is 18.8 Å². The summed E-state index contributed by atoms with van der Waals surface area (Å²) in [6.07, 6.45) is 0.743. The fraction of sp³-hybridized carbons (Fsp3) is 0.909. The molecule has 2 fully saturated rings. The maximum Gasteiger partial charge on any atom is 0.428 e. The standard InChI is InChI=1S/C11H16F3NO2/c12-11(13,14)10(7-17-10)9(16)15-6-8-4-2-1-3-5-8/h8H,1-7H2,(H,15,16)/t10-/m1/s1. The van der Waals surface area contributed by atoms with E-state index in [1.807, 2.05) is 0 Å². The summed E-state index contributed by atoms with van der Waals surface area (Å²) in [5, 5.41) is 2.38. The molecule has 0 aromatic rings. The summed E-state index contributed by atoms with van der Waals surface area (Å²) in [7, 11) is 0. The van der Waals surface area contributed by atoms with Crippen molar-refractivity contribution in [3.8, 4) is 0 Å². The quantitative estimate of drug-likeness (QED) is 0.780. The molecule has 0 radical (unpaired) electrons. The fourth-order valence-electron chi connectivity index (χ4n) is 2.27. The van der Waals surface area contributed by atoms with Gasteiger partial charge in [0.15, 0.2) is 0 Å². The monoisotopic (exact) mass is 251 g/mol. The molecule has 0 unspecified atom stereocenters. The summed E-state index contributed by atoms with van der Waals surface area (Å²) in [5.74, 6) is -0.715. The topological polar surface area (TPSA) is 41.6 Å². The van der Waals surface area contributed by atoms with Crippen LogP contribution < -0.4 is 5.32 Å². The first-order valence-electron chi connectivity index (χ1n) is 5.95. The van der Waals surface area contributed by atoms with E-state index in [0.29, 0.717) is 12.5 Å². The van der Waals surface area contributed by atoms with Gasteiger partial charge in [0.1, 0.15) is 0 Å². The SMILES string of the molecule is O=C(NCC1CCCCC1)[C@@]1(C(F)(F)F)CO1. The Morgan fingerprint density at radius 1 is 1.29 bits per heavy atom. The summed E-state index contributed by atoms with van der Waals surface area (Å²) in [6, 6.07) is 0. The van der Waals surface area contributed by atoms with Crippen LogP contribution in [0.3, 0.4) is 0 Å². The molecular weight excluding hydrogens is 235 g/mol. The van der Waals surface area contributed by atoms with Gasteiger partial charge in [0.25, 0.3) is 11.5 Å². The van der Waals surface area contributed by atoms with E-state index in [4.69, 9.17) is 0 Å². The number of epoxide rings is 1. The Morgan fingerprint density at radius 3 is 2.35 bits per heavy atom. The van der Waals surface area contributed by atoms with Crippen molar-refractivity contribution < 1.29 is 22.7 Å². The first-order chi connectivity index (χ1) is 7.96. The number of carbonyl (C=O) groups excluding carboxylic acids is 1. The predicted octanol–water partition coefficient (Wildman–Crippen LogP) is 2.01. The Kier molecular flexibility index (Phi) is 3.34. The molecule has 17 heavy (non-hydrogen) atoms. The third-order valence-corrected chi connectivity index (χ3v) is 3.53. The number of halogens is 3. The van der Waals surface area contributed by atoms with Crippen molar-refractivity contribution in [1.29, 1.82) is 0 Å². The number of hydrogen-bond donors (Lipinski definition) is 1. The van der Waals surface area contributed by atoms with Gasteiger partial charge in [0.2, 0.25) is 0 Å². The number of nitrogens with one attached hydrogen (secondary N) is 1. The molecule has 98 valence electrons. The summed E-state index contributed by atoms with van der Waals surface area (Å²) < 4.78 is 41.9. The van der Waals surface area contributed by atoms with Crippen molar-refractivity contribution in [3.05, 3.63) is 0 Å². The van der Waals surface area contributed by atoms with E-state index in [0.717, 1.165) is 25.7 Å². The van der Waals surface area contributed by atoms with Gasteiger partial charge in [-0.15, -0.1) is 0 Å². The number of rotatable bonds is 3. The molecular formula is C11H16F3NO2. The second kappa shape index (κ2) is 4.48. The van der Waals surface area contributed by atoms with Gasteiger partial charge < -0.3 is 10.1 Å². The molecule has 1 aliphatic heterocycles. The summed E-state index contributed by atoms with van der Waals surface area (Å²) in [6.45, 7) is -0.215. The van der Waals surface area contributed by atoms with Gasteiger partial charge in [-0.2, -0.15) is 13.2 Å². The van der Waals surface area contributed by atoms with E-state index < -0.39 is 24.3 Å². The van der Waals surface area contributed by atoms with E-state index in [1.54, 1.807) is 0 Å². The van der Waals surface area contributed by atoms with Crippen LogP contribution in [0, 0.1) is 5.92 Å². The highest BCUT2D eigenvalue weighted by Gasteiger charge is 2.71. The molecule has 1 aliphatic carbocycles. The first-order valence-corrected chi connectivity index (χ1v) is 5.95. The zero-order valence-electron chi connectivity index (χ0n) is 9.48. The van der Waals surface area contributed by atoms with Crippen molar-refractivity contribution in [1.82, 2.24) is 5.32 Å². The normalized spacial score (nSPS) is 30.1. The van der Waals surface area contributed by atoms with E-state index in [-0.39, 0.29) is 0 Å². The molecule has 0 aromatic heterocycles. The van der Waals surface area contributed by atoms with E-state index in [1.165, 1.54) is 6.42 Å². The van der Waals surface area contributed by atoms with Gasteiger partial charge >= 0.3 is 6.18 Å². The molecule has 0 bridgehead atoms. The van der Waals surface area contributed by atoms with Crippen LogP contribution in [0.2, 0.25) is 0 Å². The van der Waals surface area contributed by atoms with Crippen LogP contribution in [0.1, 0.15) is 32.1 Å². The number of hydrogen-bond acceptors (Lipinski definition) is 2. The second-order valence-corrected chi connectivity index (χ2v) is 4.83. The van der Waals surface area contributed by atoms with Crippen molar-refractivity contribution in [2.45, 2.75) is 43.9 Å². The molecule has 1 saturated heterocycles. The van der Waals surface area contributed by atoms with Crippen molar-refractivity contribution >= 4 is 5.91 Å². The molecule has 1 amide bonds. The third kappa shape index (κ3) is 2.56. The van der Waals surface area contributed by atoms with Gasteiger partial charge in [-0.3, -0.25) is 4.79 Å². The van der Waals surface area contributed by atoms with Gasteiger partial charge in [0, 0.05) is 6.54 Å². The highest BCUT2D eigenvalue weighted by molar-refractivity contribution is 5.88. The molecule has 1 atom stereocenters. The van der Waals surface area contributed by atoms with Crippen molar-refractivity contribution in [2.75, 3.05) is 13.2 Å². The number of ether oxygens (including phenoxy) is 1. The Bertz CT molecular complexity index is 294. The van der Waals surface area contributed by atoms with Gasteiger partial charge in [-0.1, -0.05) is 19.3 Å². The van der Waals surface area contributed by atoms with Crippen LogP contribution in [0.25, 0.3) is 0 Å². The minimum absolute atomic E-state index is 0.316. The lowest BCUT2D eigenvalue weighted by molar-refractivity contribution is -0.189. The number of amides is 1. The molecule has 2 aliphatic rings. The Morgan fingerprint density at radius 2 is 1.88 bits per heavy atom. The highest BCUT2D eigenvalue weighted by atomic mass is 19.4. The molecule has 2 rings (SSSR count).